The average Bonchev–Trinajstić information content (AvgIpc) is 3.17. The van der Waals surface area contributed by atoms with Gasteiger partial charge in [0.1, 0.15) is 11.9 Å². The highest BCUT2D eigenvalue weighted by atomic mass is 32.1. The number of furan rings is 1. The number of nitrogens with zero attached hydrogens (tertiary/aromatic N) is 1. The van der Waals surface area contributed by atoms with Crippen LogP contribution in [0.2, 0.25) is 0 Å². The zero-order valence-electron chi connectivity index (χ0n) is 11.8. The second-order valence-corrected chi connectivity index (χ2v) is 5.92. The number of thiophene rings is 1. The van der Waals surface area contributed by atoms with Crippen molar-refractivity contribution in [3.8, 4) is 0 Å². The molecule has 0 saturated carbocycles. The van der Waals surface area contributed by atoms with Crippen molar-refractivity contribution in [3.63, 3.8) is 0 Å². The molecule has 3 heterocycles. The van der Waals surface area contributed by atoms with Gasteiger partial charge < -0.3 is 19.4 Å². The summed E-state index contributed by atoms with van der Waals surface area (Å²) >= 11 is 1.64. The van der Waals surface area contributed by atoms with E-state index < -0.39 is 0 Å². The summed E-state index contributed by atoms with van der Waals surface area (Å²) in [4.78, 5) is 14.1. The molecule has 112 valence electrons. The molecule has 0 unspecified atom stereocenters. The average molecular weight is 306 g/mol. The van der Waals surface area contributed by atoms with Crippen molar-refractivity contribution in [2.75, 3.05) is 13.1 Å². The van der Waals surface area contributed by atoms with Crippen LogP contribution < -0.4 is 5.32 Å². The lowest BCUT2D eigenvalue weighted by molar-refractivity contribution is -0.0655. The minimum Gasteiger partial charge on any atom is -0.467 e. The number of hydrogen-bond acceptors (Lipinski definition) is 4. The second kappa shape index (κ2) is 6.32. The van der Waals surface area contributed by atoms with E-state index in [0.717, 1.165) is 11.3 Å². The van der Waals surface area contributed by atoms with E-state index in [2.05, 4.69) is 10.7 Å². The van der Waals surface area contributed by atoms with Crippen LogP contribution in [0.3, 0.4) is 0 Å². The summed E-state index contributed by atoms with van der Waals surface area (Å²) in [5, 5.41) is 6.98. The van der Waals surface area contributed by atoms with Crippen LogP contribution in [0.15, 0.2) is 39.6 Å². The summed E-state index contributed by atoms with van der Waals surface area (Å²) in [5.41, 5.74) is 1.13. The molecule has 6 heteroatoms. The molecule has 2 aromatic rings. The van der Waals surface area contributed by atoms with Crippen LogP contribution >= 0.6 is 11.3 Å². The summed E-state index contributed by atoms with van der Waals surface area (Å²) in [6.07, 6.45) is 1.58. The molecule has 3 rings (SSSR count). The fourth-order valence-corrected chi connectivity index (χ4v) is 3.15. The van der Waals surface area contributed by atoms with Crippen LogP contribution in [0.4, 0.5) is 4.79 Å². The van der Waals surface area contributed by atoms with Gasteiger partial charge in [0.15, 0.2) is 0 Å². The van der Waals surface area contributed by atoms with Gasteiger partial charge in [-0.25, -0.2) is 4.79 Å². The van der Waals surface area contributed by atoms with Crippen molar-refractivity contribution in [1.29, 1.82) is 0 Å². The fraction of sp³-hybridized carbons (Fsp3) is 0.400. The Bertz CT molecular complexity index is 568. The first-order valence-corrected chi connectivity index (χ1v) is 7.89. The summed E-state index contributed by atoms with van der Waals surface area (Å²) in [6, 6.07) is 5.62. The van der Waals surface area contributed by atoms with Gasteiger partial charge in [-0.1, -0.05) is 0 Å². The highest BCUT2D eigenvalue weighted by Gasteiger charge is 2.29. The molecule has 1 aliphatic rings. The van der Waals surface area contributed by atoms with E-state index in [4.69, 9.17) is 9.15 Å². The predicted octanol–water partition coefficient (Wildman–Crippen LogP) is 3.01. The molecule has 0 aromatic carbocycles. The van der Waals surface area contributed by atoms with Crippen molar-refractivity contribution in [2.24, 2.45) is 0 Å². The number of carbonyl (C=O) groups is 1. The van der Waals surface area contributed by atoms with Gasteiger partial charge in [0.05, 0.1) is 25.5 Å². The SMILES string of the molecule is C[C@@H]1CN(C(=O)NCc2ccco2)C[C@H](c2ccsc2)O1. The van der Waals surface area contributed by atoms with E-state index in [9.17, 15) is 4.79 Å². The van der Waals surface area contributed by atoms with Crippen molar-refractivity contribution >= 4 is 17.4 Å². The quantitative estimate of drug-likeness (QED) is 0.948. The molecule has 2 aromatic heterocycles. The smallest absolute Gasteiger partial charge is 0.317 e. The summed E-state index contributed by atoms with van der Waals surface area (Å²) in [6.45, 7) is 3.57. The zero-order valence-corrected chi connectivity index (χ0v) is 12.6. The van der Waals surface area contributed by atoms with Gasteiger partial charge in [0, 0.05) is 6.54 Å². The van der Waals surface area contributed by atoms with Gasteiger partial charge in [0.25, 0.3) is 0 Å². The number of amides is 2. The molecule has 2 atom stereocenters. The monoisotopic (exact) mass is 306 g/mol. The molecule has 2 amide bonds. The van der Waals surface area contributed by atoms with Crippen LogP contribution in [0.5, 0.6) is 0 Å². The number of hydrogen-bond donors (Lipinski definition) is 1. The summed E-state index contributed by atoms with van der Waals surface area (Å²) < 4.78 is 11.1. The number of carbonyl (C=O) groups excluding carboxylic acids is 1. The van der Waals surface area contributed by atoms with Crippen LogP contribution in [0.1, 0.15) is 24.4 Å². The number of urea groups is 1. The first-order valence-electron chi connectivity index (χ1n) is 6.95. The van der Waals surface area contributed by atoms with E-state index in [1.54, 1.807) is 22.5 Å². The molecule has 0 bridgehead atoms. The Kier molecular flexibility index (Phi) is 4.26. The molecule has 1 N–H and O–H groups in total. The number of ether oxygens (including phenoxy) is 1. The minimum absolute atomic E-state index is 0.0259. The van der Waals surface area contributed by atoms with E-state index in [0.29, 0.717) is 19.6 Å². The second-order valence-electron chi connectivity index (χ2n) is 5.14. The van der Waals surface area contributed by atoms with Crippen LogP contribution in [0, 0.1) is 0 Å². The Balaban J connectivity index is 1.60. The molecule has 5 nitrogen and oxygen atoms in total. The summed E-state index contributed by atoms with van der Waals surface area (Å²) in [7, 11) is 0. The number of morpholine rings is 1. The van der Waals surface area contributed by atoms with Crippen LogP contribution in [-0.2, 0) is 11.3 Å². The van der Waals surface area contributed by atoms with E-state index in [1.807, 2.05) is 30.5 Å². The maximum Gasteiger partial charge on any atom is 0.317 e. The fourth-order valence-electron chi connectivity index (χ4n) is 2.45. The predicted molar refractivity (Wildman–Crippen MR) is 80.1 cm³/mol. The topological polar surface area (TPSA) is 54.7 Å². The Hall–Kier alpha value is -1.79. The third-order valence-electron chi connectivity index (χ3n) is 3.46. The maximum absolute atomic E-state index is 12.3. The molecule has 21 heavy (non-hydrogen) atoms. The van der Waals surface area contributed by atoms with E-state index in [1.165, 1.54) is 0 Å². The van der Waals surface area contributed by atoms with Gasteiger partial charge in [-0.2, -0.15) is 11.3 Å². The van der Waals surface area contributed by atoms with Gasteiger partial charge in [-0.3, -0.25) is 0 Å². The maximum atomic E-state index is 12.3. The van der Waals surface area contributed by atoms with Gasteiger partial charge in [0.2, 0.25) is 0 Å². The molecule has 1 fully saturated rings. The molecular formula is C15H18N2O3S. The number of rotatable bonds is 3. The van der Waals surface area contributed by atoms with Crippen molar-refractivity contribution < 1.29 is 13.9 Å². The third kappa shape index (κ3) is 3.46. The third-order valence-corrected chi connectivity index (χ3v) is 4.16. The summed E-state index contributed by atoms with van der Waals surface area (Å²) in [5.74, 6) is 0.749. The van der Waals surface area contributed by atoms with Gasteiger partial charge in [-0.15, -0.1) is 0 Å². The highest BCUT2D eigenvalue weighted by molar-refractivity contribution is 7.07. The molecule has 1 aliphatic heterocycles. The van der Waals surface area contributed by atoms with Crippen molar-refractivity contribution in [3.05, 3.63) is 46.5 Å². The van der Waals surface area contributed by atoms with Crippen molar-refractivity contribution in [1.82, 2.24) is 10.2 Å². The highest BCUT2D eigenvalue weighted by Crippen LogP contribution is 2.26. The molecule has 0 spiro atoms. The lowest BCUT2D eigenvalue weighted by Gasteiger charge is -2.36. The zero-order chi connectivity index (χ0) is 14.7. The lowest BCUT2D eigenvalue weighted by atomic mass is 10.1. The Morgan fingerprint density at radius 1 is 1.48 bits per heavy atom. The molecule has 0 radical (unpaired) electrons. The largest absolute Gasteiger partial charge is 0.467 e. The van der Waals surface area contributed by atoms with Gasteiger partial charge in [-0.05, 0) is 41.4 Å². The van der Waals surface area contributed by atoms with Crippen LogP contribution in [0.25, 0.3) is 0 Å². The Labute approximate surface area is 127 Å². The Morgan fingerprint density at radius 3 is 3.10 bits per heavy atom. The van der Waals surface area contributed by atoms with E-state index in [-0.39, 0.29) is 18.2 Å². The first-order chi connectivity index (χ1) is 10.2. The molecule has 1 saturated heterocycles. The number of nitrogens with one attached hydrogen (secondary N) is 1. The van der Waals surface area contributed by atoms with E-state index >= 15 is 0 Å². The lowest BCUT2D eigenvalue weighted by Crippen LogP contribution is -2.49. The minimum atomic E-state index is -0.0817. The van der Waals surface area contributed by atoms with Gasteiger partial charge >= 0.3 is 6.03 Å². The first kappa shape index (κ1) is 14.2. The van der Waals surface area contributed by atoms with Crippen molar-refractivity contribution in [2.45, 2.75) is 25.7 Å². The normalized spacial score (nSPS) is 22.2. The standard InChI is InChI=1S/C15H18N2O3S/c1-11-8-17(9-14(20-11)12-4-6-21-10-12)15(18)16-7-13-3-2-5-19-13/h2-6,10-11,14H,7-9H2,1H3,(H,16,18)/t11-,14-/m1/s1. The molecule has 0 aliphatic carbocycles. The molecular weight excluding hydrogens is 288 g/mol. The Morgan fingerprint density at radius 2 is 2.38 bits per heavy atom. The van der Waals surface area contributed by atoms with Crippen LogP contribution in [-0.4, -0.2) is 30.1 Å².